The van der Waals surface area contributed by atoms with Crippen molar-refractivity contribution in [3.63, 3.8) is 0 Å². The summed E-state index contributed by atoms with van der Waals surface area (Å²) in [6.45, 7) is 0. The van der Waals surface area contributed by atoms with Gasteiger partial charge in [-0.1, -0.05) is 18.2 Å². The van der Waals surface area contributed by atoms with E-state index in [4.69, 9.17) is 0 Å². The van der Waals surface area contributed by atoms with Gasteiger partial charge in [0.05, 0.1) is 29.8 Å². The average Bonchev–Trinajstić information content (AvgIpc) is 2.86. The number of nitrogens with one attached hydrogen (secondary N) is 1. The summed E-state index contributed by atoms with van der Waals surface area (Å²) in [5.41, 5.74) is 3.37. The van der Waals surface area contributed by atoms with Crippen molar-refractivity contribution in [1.82, 2.24) is 19.9 Å². The first-order valence-electron chi connectivity index (χ1n) is 6.28. The molecule has 0 radical (unpaired) electrons. The molecule has 0 aliphatic rings. The summed E-state index contributed by atoms with van der Waals surface area (Å²) in [7, 11) is 3.98. The fourth-order valence-electron chi connectivity index (χ4n) is 2.49. The second kappa shape index (κ2) is 4.82. The first-order chi connectivity index (χ1) is 9.31. The van der Waals surface area contributed by atoms with Gasteiger partial charge in [-0.2, -0.15) is 0 Å². The molecule has 0 amide bonds. The summed E-state index contributed by atoms with van der Waals surface area (Å²) in [6, 6.07) is 10.4. The maximum atomic E-state index is 4.41. The van der Waals surface area contributed by atoms with Gasteiger partial charge in [0, 0.05) is 18.6 Å². The van der Waals surface area contributed by atoms with Crippen molar-refractivity contribution in [2.45, 2.75) is 6.04 Å². The smallest absolute Gasteiger partial charge is 0.0946 e. The number of aryl methyl sites for hydroxylation is 1. The maximum Gasteiger partial charge on any atom is 0.0946 e. The molecule has 0 spiro atoms. The van der Waals surface area contributed by atoms with Gasteiger partial charge in [0.25, 0.3) is 0 Å². The predicted octanol–water partition coefficient (Wildman–Crippen LogP) is 2.28. The molecule has 1 N–H and O–H groups in total. The highest BCUT2D eigenvalue weighted by Gasteiger charge is 2.17. The third-order valence-electron chi connectivity index (χ3n) is 3.43. The lowest BCUT2D eigenvalue weighted by Gasteiger charge is -2.19. The topological polar surface area (TPSA) is 42.7 Å². The summed E-state index contributed by atoms with van der Waals surface area (Å²) in [5.74, 6) is 0. The number of nitrogens with zero attached hydrogens (tertiary/aromatic N) is 3. The Hall–Kier alpha value is -2.20. The summed E-state index contributed by atoms with van der Waals surface area (Å²) in [5, 5.41) is 4.54. The van der Waals surface area contributed by atoms with E-state index in [1.807, 2.05) is 55.6 Å². The number of imidazole rings is 1. The van der Waals surface area contributed by atoms with Crippen molar-refractivity contribution in [2.24, 2.45) is 7.05 Å². The quantitative estimate of drug-likeness (QED) is 0.777. The Balaban J connectivity index is 2.20. The number of hydrogen-bond acceptors (Lipinski definition) is 3. The molecule has 0 aliphatic carbocycles. The summed E-state index contributed by atoms with van der Waals surface area (Å²) in [4.78, 5) is 8.62. The zero-order chi connectivity index (χ0) is 13.2. The van der Waals surface area contributed by atoms with Crippen LogP contribution in [0.25, 0.3) is 10.9 Å². The molecule has 1 aromatic carbocycles. The molecule has 1 unspecified atom stereocenters. The molecular weight excluding hydrogens is 236 g/mol. The predicted molar refractivity (Wildman–Crippen MR) is 75.9 cm³/mol. The van der Waals surface area contributed by atoms with Crippen molar-refractivity contribution in [1.29, 1.82) is 0 Å². The Morgan fingerprint density at radius 2 is 2.11 bits per heavy atom. The normalized spacial score (nSPS) is 12.7. The molecule has 2 heterocycles. The first-order valence-corrected chi connectivity index (χ1v) is 6.28. The first kappa shape index (κ1) is 11.9. The largest absolute Gasteiger partial charge is 0.336 e. The highest BCUT2D eigenvalue weighted by atomic mass is 15.1. The number of rotatable bonds is 3. The van der Waals surface area contributed by atoms with Crippen molar-refractivity contribution >= 4 is 10.9 Å². The number of fused-ring (bicyclic) bond motifs is 1. The summed E-state index contributed by atoms with van der Waals surface area (Å²) < 4.78 is 2.04. The van der Waals surface area contributed by atoms with Gasteiger partial charge in [-0.05, 0) is 24.7 Å². The molecule has 3 aromatic rings. The molecule has 0 fully saturated rings. The Bertz CT molecular complexity index is 697. The van der Waals surface area contributed by atoms with Crippen LogP contribution in [0.2, 0.25) is 0 Å². The van der Waals surface area contributed by atoms with Crippen molar-refractivity contribution in [3.05, 3.63) is 60.3 Å². The molecule has 2 aromatic heterocycles. The van der Waals surface area contributed by atoms with Gasteiger partial charge in [0.2, 0.25) is 0 Å². The van der Waals surface area contributed by atoms with E-state index in [1.54, 1.807) is 0 Å². The molecule has 19 heavy (non-hydrogen) atoms. The Labute approximate surface area is 112 Å². The second-order valence-corrected chi connectivity index (χ2v) is 4.57. The molecule has 0 saturated heterocycles. The molecule has 1 atom stereocenters. The van der Waals surface area contributed by atoms with Gasteiger partial charge >= 0.3 is 0 Å². The van der Waals surface area contributed by atoms with E-state index < -0.39 is 0 Å². The zero-order valence-corrected chi connectivity index (χ0v) is 11.0. The van der Waals surface area contributed by atoms with Crippen molar-refractivity contribution < 1.29 is 0 Å². The van der Waals surface area contributed by atoms with Crippen LogP contribution in [-0.2, 0) is 7.05 Å². The zero-order valence-electron chi connectivity index (χ0n) is 11.0. The highest BCUT2D eigenvalue weighted by Crippen LogP contribution is 2.27. The van der Waals surface area contributed by atoms with E-state index in [1.165, 1.54) is 10.9 Å². The van der Waals surface area contributed by atoms with Crippen LogP contribution in [0, 0.1) is 0 Å². The lowest BCUT2D eigenvalue weighted by atomic mass is 9.99. The number of benzene rings is 1. The summed E-state index contributed by atoms with van der Waals surface area (Å²) in [6.07, 6.45) is 5.55. The fraction of sp³-hybridized carbons (Fsp3) is 0.200. The van der Waals surface area contributed by atoms with Crippen LogP contribution in [0.1, 0.15) is 17.3 Å². The van der Waals surface area contributed by atoms with Gasteiger partial charge in [-0.25, -0.2) is 4.98 Å². The number of pyridine rings is 1. The SMILES string of the molecule is CNC(c1cccc2ncccc12)c1cncn1C. The van der Waals surface area contributed by atoms with E-state index in [9.17, 15) is 0 Å². The Morgan fingerprint density at radius 3 is 2.84 bits per heavy atom. The van der Waals surface area contributed by atoms with Gasteiger partial charge in [0.15, 0.2) is 0 Å². The third kappa shape index (κ3) is 2.00. The van der Waals surface area contributed by atoms with Gasteiger partial charge in [-0.15, -0.1) is 0 Å². The minimum Gasteiger partial charge on any atom is -0.336 e. The number of aromatic nitrogens is 3. The van der Waals surface area contributed by atoms with Crippen LogP contribution in [0.4, 0.5) is 0 Å². The van der Waals surface area contributed by atoms with Gasteiger partial charge in [-0.3, -0.25) is 4.98 Å². The average molecular weight is 252 g/mol. The molecule has 4 nitrogen and oxygen atoms in total. The minimum absolute atomic E-state index is 0.111. The van der Waals surface area contributed by atoms with Crippen LogP contribution in [0.5, 0.6) is 0 Å². The lowest BCUT2D eigenvalue weighted by molar-refractivity contribution is 0.642. The minimum atomic E-state index is 0.111. The van der Waals surface area contributed by atoms with Crippen LogP contribution in [0.3, 0.4) is 0 Å². The molecule has 0 saturated carbocycles. The van der Waals surface area contributed by atoms with E-state index in [0.29, 0.717) is 0 Å². The highest BCUT2D eigenvalue weighted by molar-refractivity contribution is 5.82. The second-order valence-electron chi connectivity index (χ2n) is 4.57. The van der Waals surface area contributed by atoms with Gasteiger partial charge in [0.1, 0.15) is 0 Å². The Morgan fingerprint density at radius 1 is 1.21 bits per heavy atom. The monoisotopic (exact) mass is 252 g/mol. The third-order valence-corrected chi connectivity index (χ3v) is 3.43. The van der Waals surface area contributed by atoms with E-state index >= 15 is 0 Å². The molecule has 3 rings (SSSR count). The molecule has 0 aliphatic heterocycles. The summed E-state index contributed by atoms with van der Waals surface area (Å²) >= 11 is 0. The van der Waals surface area contributed by atoms with E-state index in [0.717, 1.165) is 11.2 Å². The molecule has 4 heteroatoms. The van der Waals surface area contributed by atoms with Crippen molar-refractivity contribution in [2.75, 3.05) is 7.05 Å². The van der Waals surface area contributed by atoms with Crippen LogP contribution < -0.4 is 5.32 Å². The fourth-order valence-corrected chi connectivity index (χ4v) is 2.49. The lowest BCUT2D eigenvalue weighted by Crippen LogP contribution is -2.20. The van der Waals surface area contributed by atoms with Crippen LogP contribution in [-0.4, -0.2) is 21.6 Å². The molecule has 0 bridgehead atoms. The van der Waals surface area contributed by atoms with Gasteiger partial charge < -0.3 is 9.88 Å². The van der Waals surface area contributed by atoms with Crippen LogP contribution >= 0.6 is 0 Å². The van der Waals surface area contributed by atoms with E-state index in [-0.39, 0.29) is 6.04 Å². The molecule has 96 valence electrons. The van der Waals surface area contributed by atoms with Crippen molar-refractivity contribution in [3.8, 4) is 0 Å². The van der Waals surface area contributed by atoms with Crippen LogP contribution in [0.15, 0.2) is 49.1 Å². The Kier molecular flexibility index (Phi) is 3.01. The maximum absolute atomic E-state index is 4.41. The van der Waals surface area contributed by atoms with E-state index in [2.05, 4.69) is 27.4 Å². The molecular formula is C15H16N4. The standard InChI is InChI=1S/C15H16N4/c1-16-15(14-9-17-10-19(14)2)12-5-3-7-13-11(12)6-4-8-18-13/h3-10,15-16H,1-2H3. The number of hydrogen-bond donors (Lipinski definition) is 1.